The minimum absolute atomic E-state index is 0.161. The molecule has 1 aromatic carbocycles. The Balaban J connectivity index is 1.86. The van der Waals surface area contributed by atoms with Crippen molar-refractivity contribution in [1.82, 2.24) is 9.38 Å². The Labute approximate surface area is 163 Å². The minimum Gasteiger partial charge on any atom is -0.465 e. The van der Waals surface area contributed by atoms with E-state index in [2.05, 4.69) is 9.72 Å². The summed E-state index contributed by atoms with van der Waals surface area (Å²) in [4.78, 5) is 50.8. The van der Waals surface area contributed by atoms with Crippen molar-refractivity contribution in [3.05, 3.63) is 85.4 Å². The van der Waals surface area contributed by atoms with Gasteiger partial charge in [0.05, 0.1) is 28.9 Å². The molecule has 0 saturated carbocycles. The van der Waals surface area contributed by atoms with Crippen LogP contribution in [0.3, 0.4) is 0 Å². The van der Waals surface area contributed by atoms with E-state index in [1.807, 2.05) is 6.92 Å². The Hall–Kier alpha value is -4.08. The molecule has 0 aliphatic carbocycles. The molecule has 0 radical (unpaired) electrons. The lowest BCUT2D eigenvalue weighted by molar-refractivity contribution is -0.384. The molecule has 0 fully saturated rings. The lowest BCUT2D eigenvalue weighted by atomic mass is 10.1. The zero-order valence-corrected chi connectivity index (χ0v) is 15.4. The molecule has 2 heterocycles. The van der Waals surface area contributed by atoms with Gasteiger partial charge in [0.25, 0.3) is 11.2 Å². The molecule has 0 unspecified atom stereocenters. The molecule has 0 N–H and O–H groups in total. The SMILES string of the molecule is COC(=O)c1cc(C(=O)OCc2cc(=O)n3ccc(C)cc3n2)cc([N+](=O)[O-])c1. The van der Waals surface area contributed by atoms with E-state index in [4.69, 9.17) is 4.74 Å². The van der Waals surface area contributed by atoms with Crippen molar-refractivity contribution < 1.29 is 24.0 Å². The van der Waals surface area contributed by atoms with Gasteiger partial charge in [0.2, 0.25) is 0 Å². The summed E-state index contributed by atoms with van der Waals surface area (Å²) in [6.45, 7) is 1.52. The Morgan fingerprint density at radius 1 is 1.14 bits per heavy atom. The summed E-state index contributed by atoms with van der Waals surface area (Å²) >= 11 is 0. The fourth-order valence-electron chi connectivity index (χ4n) is 2.62. The lowest BCUT2D eigenvalue weighted by Gasteiger charge is -2.07. The van der Waals surface area contributed by atoms with E-state index in [-0.39, 0.29) is 29.0 Å². The standard InChI is InChI=1S/C19H15N3O7/c1-11-3-4-21-16(5-11)20-14(9-17(21)23)10-29-19(25)13-6-12(18(24)28-2)7-15(8-13)22(26)27/h3-9H,10H2,1-2H3. The van der Waals surface area contributed by atoms with Crippen LogP contribution in [-0.4, -0.2) is 33.4 Å². The Morgan fingerprint density at radius 2 is 1.83 bits per heavy atom. The van der Waals surface area contributed by atoms with Crippen LogP contribution in [0.4, 0.5) is 5.69 Å². The Bertz CT molecular complexity index is 1200. The van der Waals surface area contributed by atoms with Gasteiger partial charge in [0.1, 0.15) is 12.3 Å². The number of esters is 2. The molecule has 3 rings (SSSR count). The minimum atomic E-state index is -0.912. The molecule has 2 aromatic heterocycles. The zero-order valence-electron chi connectivity index (χ0n) is 15.4. The predicted octanol–water partition coefficient (Wildman–Crippen LogP) is 2.05. The van der Waals surface area contributed by atoms with Gasteiger partial charge in [-0.1, -0.05) is 0 Å². The number of methoxy groups -OCH3 is 1. The van der Waals surface area contributed by atoms with Gasteiger partial charge < -0.3 is 9.47 Å². The summed E-state index contributed by atoms with van der Waals surface area (Å²) in [6, 6.07) is 7.81. The average Bonchev–Trinajstić information content (AvgIpc) is 2.70. The molecule has 0 aliphatic heterocycles. The number of carbonyl (C=O) groups is 2. The number of non-ortho nitro benzene ring substituents is 1. The van der Waals surface area contributed by atoms with Crippen LogP contribution in [0.15, 0.2) is 47.4 Å². The first-order valence-corrected chi connectivity index (χ1v) is 8.32. The molecule has 29 heavy (non-hydrogen) atoms. The molecule has 0 atom stereocenters. The highest BCUT2D eigenvalue weighted by atomic mass is 16.6. The number of nitrogens with zero attached hydrogens (tertiary/aromatic N) is 3. The first-order chi connectivity index (χ1) is 13.8. The Kier molecular flexibility index (Phi) is 5.35. The summed E-state index contributed by atoms with van der Waals surface area (Å²) in [7, 11) is 1.12. The monoisotopic (exact) mass is 397 g/mol. The van der Waals surface area contributed by atoms with E-state index in [0.717, 1.165) is 30.9 Å². The first kappa shape index (κ1) is 19.7. The number of fused-ring (bicyclic) bond motifs is 1. The van der Waals surface area contributed by atoms with Crippen LogP contribution >= 0.6 is 0 Å². The van der Waals surface area contributed by atoms with E-state index in [9.17, 15) is 24.5 Å². The number of hydrogen-bond acceptors (Lipinski definition) is 8. The molecule has 0 spiro atoms. The van der Waals surface area contributed by atoms with Gasteiger partial charge in [0, 0.05) is 24.4 Å². The number of carbonyl (C=O) groups excluding carboxylic acids is 2. The van der Waals surface area contributed by atoms with E-state index in [0.29, 0.717) is 5.65 Å². The molecule has 0 amide bonds. The highest BCUT2D eigenvalue weighted by molar-refractivity contribution is 5.96. The van der Waals surface area contributed by atoms with E-state index >= 15 is 0 Å². The highest BCUT2D eigenvalue weighted by Crippen LogP contribution is 2.19. The lowest BCUT2D eigenvalue weighted by Crippen LogP contribution is -2.17. The number of benzene rings is 1. The summed E-state index contributed by atoms with van der Waals surface area (Å²) in [6.07, 6.45) is 1.59. The summed E-state index contributed by atoms with van der Waals surface area (Å²) < 4.78 is 11.0. The quantitative estimate of drug-likeness (QED) is 0.363. The van der Waals surface area contributed by atoms with Crippen LogP contribution in [0.5, 0.6) is 0 Å². The number of nitro benzene ring substituents is 1. The predicted molar refractivity (Wildman–Crippen MR) is 99.8 cm³/mol. The van der Waals surface area contributed by atoms with Crippen molar-refractivity contribution in [2.75, 3.05) is 7.11 Å². The topological polar surface area (TPSA) is 130 Å². The van der Waals surface area contributed by atoms with Gasteiger partial charge in [-0.05, 0) is 30.7 Å². The second-order valence-corrected chi connectivity index (χ2v) is 6.11. The van der Waals surface area contributed by atoms with Gasteiger partial charge in [-0.2, -0.15) is 0 Å². The number of pyridine rings is 1. The maximum Gasteiger partial charge on any atom is 0.338 e. The molecule has 10 heteroatoms. The molecular formula is C19H15N3O7. The zero-order chi connectivity index (χ0) is 21.1. The third-order valence-electron chi connectivity index (χ3n) is 4.01. The van der Waals surface area contributed by atoms with Gasteiger partial charge in [0.15, 0.2) is 0 Å². The fraction of sp³-hybridized carbons (Fsp3) is 0.158. The Morgan fingerprint density at radius 3 is 2.48 bits per heavy atom. The van der Waals surface area contributed by atoms with Crippen molar-refractivity contribution in [3.8, 4) is 0 Å². The molecule has 3 aromatic rings. The third kappa shape index (κ3) is 4.26. The van der Waals surface area contributed by atoms with Crippen LogP contribution in [0.1, 0.15) is 32.0 Å². The van der Waals surface area contributed by atoms with E-state index < -0.39 is 22.5 Å². The van der Waals surface area contributed by atoms with Gasteiger partial charge >= 0.3 is 11.9 Å². The van der Waals surface area contributed by atoms with Crippen molar-refractivity contribution in [1.29, 1.82) is 0 Å². The molecular weight excluding hydrogens is 382 g/mol. The van der Waals surface area contributed by atoms with Crippen molar-refractivity contribution in [2.45, 2.75) is 13.5 Å². The third-order valence-corrected chi connectivity index (χ3v) is 4.01. The van der Waals surface area contributed by atoms with Crippen LogP contribution < -0.4 is 5.56 Å². The molecule has 0 aliphatic rings. The van der Waals surface area contributed by atoms with Gasteiger partial charge in [-0.3, -0.25) is 19.3 Å². The number of nitro groups is 1. The summed E-state index contributed by atoms with van der Waals surface area (Å²) in [5.41, 5.74) is 0.346. The van der Waals surface area contributed by atoms with E-state index in [1.54, 1.807) is 18.3 Å². The smallest absolute Gasteiger partial charge is 0.338 e. The summed E-state index contributed by atoms with van der Waals surface area (Å²) in [5, 5.41) is 11.1. The normalized spacial score (nSPS) is 10.6. The van der Waals surface area contributed by atoms with Gasteiger partial charge in [-0.25, -0.2) is 14.6 Å². The second kappa shape index (κ2) is 7.89. The van der Waals surface area contributed by atoms with Crippen molar-refractivity contribution in [2.24, 2.45) is 0 Å². The molecule has 0 bridgehead atoms. The maximum atomic E-state index is 12.4. The van der Waals surface area contributed by atoms with Crippen LogP contribution in [0, 0.1) is 17.0 Å². The van der Waals surface area contributed by atoms with Crippen molar-refractivity contribution >= 4 is 23.3 Å². The second-order valence-electron chi connectivity index (χ2n) is 6.11. The average molecular weight is 397 g/mol. The number of rotatable bonds is 5. The molecule has 148 valence electrons. The number of ether oxygens (including phenoxy) is 2. The fourth-order valence-corrected chi connectivity index (χ4v) is 2.62. The van der Waals surface area contributed by atoms with Crippen LogP contribution in [-0.2, 0) is 16.1 Å². The molecule has 0 saturated heterocycles. The first-order valence-electron chi connectivity index (χ1n) is 8.32. The van der Waals surface area contributed by atoms with Gasteiger partial charge in [-0.15, -0.1) is 0 Å². The summed E-state index contributed by atoms with van der Waals surface area (Å²) in [5.74, 6) is -1.74. The number of aryl methyl sites for hydroxylation is 1. The largest absolute Gasteiger partial charge is 0.465 e. The number of aromatic nitrogens is 2. The molecule has 10 nitrogen and oxygen atoms in total. The highest BCUT2D eigenvalue weighted by Gasteiger charge is 2.19. The van der Waals surface area contributed by atoms with Crippen LogP contribution in [0.25, 0.3) is 5.65 Å². The van der Waals surface area contributed by atoms with E-state index in [1.165, 1.54) is 10.5 Å². The number of hydrogen-bond donors (Lipinski definition) is 0. The maximum absolute atomic E-state index is 12.4. The van der Waals surface area contributed by atoms with Crippen LogP contribution in [0.2, 0.25) is 0 Å². The van der Waals surface area contributed by atoms with Crippen molar-refractivity contribution in [3.63, 3.8) is 0 Å².